The van der Waals surface area contributed by atoms with E-state index in [1.807, 2.05) is 18.7 Å². The minimum atomic E-state index is -0.317. The Balaban J connectivity index is 2.13. The molecule has 18 heavy (non-hydrogen) atoms. The molecule has 0 radical (unpaired) electrons. The first kappa shape index (κ1) is 13.4. The molecule has 2 unspecified atom stereocenters. The molecule has 2 amide bonds. The van der Waals surface area contributed by atoms with Gasteiger partial charge in [0.05, 0.1) is 0 Å². The second-order valence-electron chi connectivity index (χ2n) is 5.82. The van der Waals surface area contributed by atoms with Crippen LogP contribution in [0.2, 0.25) is 0 Å². The number of hydrogen-bond acceptors (Lipinski definition) is 2. The van der Waals surface area contributed by atoms with Gasteiger partial charge in [0.25, 0.3) is 0 Å². The lowest BCUT2D eigenvalue weighted by atomic mass is 9.66. The lowest BCUT2D eigenvalue weighted by Crippen LogP contribution is -2.64. The lowest BCUT2D eigenvalue weighted by Gasteiger charge is -2.48. The number of amides is 2. The van der Waals surface area contributed by atoms with E-state index in [9.17, 15) is 9.59 Å². The summed E-state index contributed by atoms with van der Waals surface area (Å²) in [6, 6.07) is -0.632. The Morgan fingerprint density at radius 3 is 2.44 bits per heavy atom. The number of nitrogens with one attached hydrogen (secondary N) is 1. The molecule has 4 heteroatoms. The zero-order chi connectivity index (χ0) is 13.3. The van der Waals surface area contributed by atoms with Crippen LogP contribution in [0.5, 0.6) is 0 Å². The Morgan fingerprint density at radius 2 is 2.00 bits per heavy atom. The molecule has 4 nitrogen and oxygen atoms in total. The van der Waals surface area contributed by atoms with Crippen LogP contribution in [0, 0.1) is 5.41 Å². The molecule has 1 aliphatic carbocycles. The van der Waals surface area contributed by atoms with Crippen LogP contribution >= 0.6 is 0 Å². The largest absolute Gasteiger partial charge is 0.343 e. The lowest BCUT2D eigenvalue weighted by molar-refractivity contribution is -0.151. The number of carbonyl (C=O) groups is 2. The molecule has 102 valence electrons. The molecule has 0 aromatic heterocycles. The second kappa shape index (κ2) is 4.90. The predicted octanol–water partition coefficient (Wildman–Crippen LogP) is 1.69. The number of carbonyl (C=O) groups excluding carboxylic acids is 2. The third kappa shape index (κ3) is 2.13. The van der Waals surface area contributed by atoms with E-state index in [1.165, 1.54) is 19.3 Å². The fourth-order valence-electron chi connectivity index (χ4n) is 3.04. The van der Waals surface area contributed by atoms with Crippen molar-refractivity contribution >= 4 is 11.8 Å². The van der Waals surface area contributed by atoms with Crippen molar-refractivity contribution in [2.75, 3.05) is 6.54 Å². The fraction of sp³-hybridized carbons (Fsp3) is 0.857. The van der Waals surface area contributed by atoms with E-state index in [-0.39, 0.29) is 29.3 Å². The average molecular weight is 252 g/mol. The summed E-state index contributed by atoms with van der Waals surface area (Å²) in [5, 5.41) is 2.81. The van der Waals surface area contributed by atoms with Gasteiger partial charge in [-0.05, 0) is 38.0 Å². The molecule has 0 bridgehead atoms. The Bertz CT molecular complexity index is 344. The summed E-state index contributed by atoms with van der Waals surface area (Å²) in [7, 11) is 0. The maximum Gasteiger partial charge on any atom is 0.245 e. The van der Waals surface area contributed by atoms with Crippen LogP contribution in [0.25, 0.3) is 0 Å². The van der Waals surface area contributed by atoms with Gasteiger partial charge < -0.3 is 10.2 Å². The predicted molar refractivity (Wildman–Crippen MR) is 70.0 cm³/mol. The summed E-state index contributed by atoms with van der Waals surface area (Å²) in [5.41, 5.74) is 0.278. The van der Waals surface area contributed by atoms with E-state index < -0.39 is 0 Å². The van der Waals surface area contributed by atoms with Crippen LogP contribution in [-0.2, 0) is 9.59 Å². The highest BCUT2D eigenvalue weighted by Gasteiger charge is 2.43. The van der Waals surface area contributed by atoms with Gasteiger partial charge >= 0.3 is 0 Å². The van der Waals surface area contributed by atoms with Crippen molar-refractivity contribution in [3.05, 3.63) is 0 Å². The van der Waals surface area contributed by atoms with Gasteiger partial charge in [-0.1, -0.05) is 20.3 Å². The quantitative estimate of drug-likeness (QED) is 0.827. The summed E-state index contributed by atoms with van der Waals surface area (Å²) in [5.74, 6) is 0.0938. The summed E-state index contributed by atoms with van der Waals surface area (Å²) in [6.07, 6.45) is 5.42. The third-order valence-electron chi connectivity index (χ3n) is 4.82. The SMILES string of the molecule is CCC1NC(=O)C(C)N(CC2(CC)CCC2)C1=O. The zero-order valence-electron chi connectivity index (χ0n) is 11.7. The average Bonchev–Trinajstić information content (AvgIpc) is 2.32. The Labute approximate surface area is 109 Å². The molecule has 0 aromatic rings. The molecule has 2 atom stereocenters. The van der Waals surface area contributed by atoms with Crippen LogP contribution in [-0.4, -0.2) is 35.3 Å². The van der Waals surface area contributed by atoms with Crippen LogP contribution in [0.3, 0.4) is 0 Å². The standard InChI is InChI=1S/C14H24N2O2/c1-4-11-13(18)16(10(3)12(17)15-11)9-14(5-2)7-6-8-14/h10-11H,4-9H2,1-3H3,(H,15,17). The molecule has 2 aliphatic rings. The van der Waals surface area contributed by atoms with Crippen LogP contribution < -0.4 is 5.32 Å². The molecule has 1 saturated carbocycles. The van der Waals surface area contributed by atoms with Gasteiger partial charge in [0, 0.05) is 6.54 Å². The van der Waals surface area contributed by atoms with Crippen LogP contribution in [0.1, 0.15) is 52.9 Å². The summed E-state index contributed by atoms with van der Waals surface area (Å²) < 4.78 is 0. The first-order valence-corrected chi connectivity index (χ1v) is 7.14. The van der Waals surface area contributed by atoms with Crippen molar-refractivity contribution in [1.29, 1.82) is 0 Å². The van der Waals surface area contributed by atoms with Crippen LogP contribution in [0.4, 0.5) is 0 Å². The molecular formula is C14H24N2O2. The van der Waals surface area contributed by atoms with Crippen molar-refractivity contribution < 1.29 is 9.59 Å². The first-order valence-electron chi connectivity index (χ1n) is 7.14. The zero-order valence-corrected chi connectivity index (χ0v) is 11.7. The molecule has 0 aromatic carbocycles. The van der Waals surface area contributed by atoms with Crippen molar-refractivity contribution in [3.8, 4) is 0 Å². The maximum atomic E-state index is 12.4. The van der Waals surface area contributed by atoms with Crippen molar-refractivity contribution in [3.63, 3.8) is 0 Å². The Hall–Kier alpha value is -1.06. The van der Waals surface area contributed by atoms with Gasteiger partial charge in [-0.3, -0.25) is 9.59 Å². The monoisotopic (exact) mass is 252 g/mol. The van der Waals surface area contributed by atoms with E-state index in [2.05, 4.69) is 12.2 Å². The van der Waals surface area contributed by atoms with Gasteiger partial charge in [0.15, 0.2) is 0 Å². The van der Waals surface area contributed by atoms with Gasteiger partial charge in [-0.2, -0.15) is 0 Å². The van der Waals surface area contributed by atoms with Gasteiger partial charge in [-0.15, -0.1) is 0 Å². The number of rotatable bonds is 4. The molecular weight excluding hydrogens is 228 g/mol. The van der Waals surface area contributed by atoms with Crippen molar-refractivity contribution in [1.82, 2.24) is 10.2 Å². The molecule has 2 fully saturated rings. The van der Waals surface area contributed by atoms with Gasteiger partial charge in [-0.25, -0.2) is 0 Å². The highest BCUT2D eigenvalue weighted by molar-refractivity contribution is 5.96. The molecule has 0 spiro atoms. The summed E-state index contributed by atoms with van der Waals surface area (Å²) in [6.45, 7) is 6.72. The minimum Gasteiger partial charge on any atom is -0.343 e. The number of piperazine rings is 1. The second-order valence-corrected chi connectivity index (χ2v) is 5.82. The van der Waals surface area contributed by atoms with Crippen molar-refractivity contribution in [2.24, 2.45) is 5.41 Å². The molecule has 1 saturated heterocycles. The fourth-order valence-corrected chi connectivity index (χ4v) is 3.04. The van der Waals surface area contributed by atoms with E-state index in [0.29, 0.717) is 6.42 Å². The van der Waals surface area contributed by atoms with E-state index in [1.54, 1.807) is 0 Å². The minimum absolute atomic E-state index is 0.00738. The van der Waals surface area contributed by atoms with Crippen molar-refractivity contribution in [2.45, 2.75) is 65.0 Å². The third-order valence-corrected chi connectivity index (χ3v) is 4.82. The molecule has 1 N–H and O–H groups in total. The molecule has 1 heterocycles. The Morgan fingerprint density at radius 1 is 1.33 bits per heavy atom. The Kier molecular flexibility index (Phi) is 3.64. The summed E-state index contributed by atoms with van der Waals surface area (Å²) in [4.78, 5) is 26.1. The van der Waals surface area contributed by atoms with Crippen LogP contribution in [0.15, 0.2) is 0 Å². The molecule has 1 aliphatic heterocycles. The molecule has 2 rings (SSSR count). The van der Waals surface area contributed by atoms with E-state index in [4.69, 9.17) is 0 Å². The van der Waals surface area contributed by atoms with E-state index in [0.717, 1.165) is 13.0 Å². The summed E-state index contributed by atoms with van der Waals surface area (Å²) >= 11 is 0. The van der Waals surface area contributed by atoms with E-state index >= 15 is 0 Å². The highest BCUT2D eigenvalue weighted by atomic mass is 16.2. The normalized spacial score (nSPS) is 30.9. The highest BCUT2D eigenvalue weighted by Crippen LogP contribution is 2.44. The number of hydrogen-bond donors (Lipinski definition) is 1. The van der Waals surface area contributed by atoms with Gasteiger partial charge in [0.2, 0.25) is 11.8 Å². The van der Waals surface area contributed by atoms with Gasteiger partial charge in [0.1, 0.15) is 12.1 Å². The smallest absolute Gasteiger partial charge is 0.245 e. The number of nitrogens with zero attached hydrogens (tertiary/aromatic N) is 1. The first-order chi connectivity index (χ1) is 8.53. The maximum absolute atomic E-state index is 12.4. The topological polar surface area (TPSA) is 49.4 Å².